The number of alkyl carbamates (subject to hydrolysis) is 1. The average molecular weight is 398 g/mol. The fraction of sp³-hybridized carbons (Fsp3) is 0.579. The van der Waals surface area contributed by atoms with Gasteiger partial charge in [-0.1, -0.05) is 18.2 Å². The zero-order valence-corrected chi connectivity index (χ0v) is 16.3. The fourth-order valence-corrected chi connectivity index (χ4v) is 1.96. The van der Waals surface area contributed by atoms with Gasteiger partial charge in [-0.3, -0.25) is 4.79 Å². The molecule has 0 aliphatic heterocycles. The van der Waals surface area contributed by atoms with E-state index in [-0.39, 0.29) is 12.5 Å². The maximum atomic E-state index is 11.8. The lowest BCUT2D eigenvalue weighted by atomic mass is 10.2. The lowest BCUT2D eigenvalue weighted by Gasteiger charge is -2.08. The van der Waals surface area contributed by atoms with Crippen molar-refractivity contribution in [3.05, 3.63) is 35.9 Å². The molecule has 0 radical (unpaired) electrons. The third-order valence-corrected chi connectivity index (χ3v) is 3.35. The van der Waals surface area contributed by atoms with E-state index in [0.29, 0.717) is 65.0 Å². The second kappa shape index (κ2) is 16.9. The van der Waals surface area contributed by atoms with Crippen LogP contribution in [-0.4, -0.2) is 85.1 Å². The molecule has 9 nitrogen and oxygen atoms in total. The minimum atomic E-state index is -0.474. The first-order valence-electron chi connectivity index (χ1n) is 9.22. The second-order valence-corrected chi connectivity index (χ2v) is 5.46. The summed E-state index contributed by atoms with van der Waals surface area (Å²) in [6, 6.07) is 9.04. The topological polar surface area (TPSA) is 104 Å². The van der Waals surface area contributed by atoms with E-state index >= 15 is 0 Å². The fourth-order valence-electron chi connectivity index (χ4n) is 1.96. The van der Waals surface area contributed by atoms with Crippen molar-refractivity contribution in [2.75, 3.05) is 73.1 Å². The molecule has 0 saturated heterocycles. The highest BCUT2D eigenvalue weighted by atomic mass is 16.6. The number of carbonyl (C=O) groups excluding carboxylic acids is 2. The van der Waals surface area contributed by atoms with E-state index in [1.807, 2.05) is 18.2 Å². The summed E-state index contributed by atoms with van der Waals surface area (Å²) >= 11 is 0. The normalized spacial score (nSPS) is 10.5. The van der Waals surface area contributed by atoms with Crippen LogP contribution in [-0.2, 0) is 23.7 Å². The van der Waals surface area contributed by atoms with Gasteiger partial charge in [0, 0.05) is 19.2 Å². The van der Waals surface area contributed by atoms with Crippen molar-refractivity contribution in [3.8, 4) is 0 Å². The molecule has 0 atom stereocenters. The van der Waals surface area contributed by atoms with Crippen LogP contribution < -0.4 is 10.6 Å². The van der Waals surface area contributed by atoms with Gasteiger partial charge < -0.3 is 34.3 Å². The number of amides is 2. The van der Waals surface area contributed by atoms with Crippen LogP contribution in [0.2, 0.25) is 0 Å². The van der Waals surface area contributed by atoms with Gasteiger partial charge in [0.25, 0.3) is 5.91 Å². The van der Waals surface area contributed by atoms with Crippen molar-refractivity contribution in [1.82, 2.24) is 10.6 Å². The van der Waals surface area contributed by atoms with E-state index in [1.54, 1.807) is 12.1 Å². The van der Waals surface area contributed by atoms with Crippen LogP contribution >= 0.6 is 0 Å². The lowest BCUT2D eigenvalue weighted by Crippen LogP contribution is -2.27. The summed E-state index contributed by atoms with van der Waals surface area (Å²) < 4.78 is 26.1. The zero-order chi connectivity index (χ0) is 20.3. The van der Waals surface area contributed by atoms with Gasteiger partial charge >= 0.3 is 6.09 Å². The lowest BCUT2D eigenvalue weighted by molar-refractivity contribution is -0.00612. The van der Waals surface area contributed by atoms with Gasteiger partial charge in [-0.2, -0.15) is 0 Å². The van der Waals surface area contributed by atoms with Crippen LogP contribution in [0, 0.1) is 0 Å². The highest BCUT2D eigenvalue weighted by molar-refractivity contribution is 5.94. The molecule has 0 unspecified atom stereocenters. The van der Waals surface area contributed by atoms with Crippen molar-refractivity contribution in [3.63, 3.8) is 0 Å². The number of ether oxygens (including phenoxy) is 5. The first kappa shape index (κ1) is 23.8. The Morgan fingerprint density at radius 3 is 1.79 bits per heavy atom. The Morgan fingerprint density at radius 1 is 0.750 bits per heavy atom. The molecule has 0 spiro atoms. The van der Waals surface area contributed by atoms with E-state index in [9.17, 15) is 9.59 Å². The molecular weight excluding hydrogens is 368 g/mol. The molecular formula is C19H30N2O7. The van der Waals surface area contributed by atoms with Crippen LogP contribution in [0.5, 0.6) is 0 Å². The van der Waals surface area contributed by atoms with Gasteiger partial charge in [-0.15, -0.1) is 0 Å². The summed E-state index contributed by atoms with van der Waals surface area (Å²) in [4.78, 5) is 22.6. The Kier molecular flexibility index (Phi) is 14.4. The van der Waals surface area contributed by atoms with Gasteiger partial charge in [0.15, 0.2) is 0 Å². The number of benzene rings is 1. The summed E-state index contributed by atoms with van der Waals surface area (Å²) in [5.41, 5.74) is 0.633. The molecule has 0 aliphatic carbocycles. The molecule has 0 fully saturated rings. The van der Waals surface area contributed by atoms with E-state index in [2.05, 4.69) is 10.6 Å². The number of carbonyl (C=O) groups is 2. The molecule has 2 amide bonds. The minimum absolute atomic E-state index is 0.111. The molecule has 28 heavy (non-hydrogen) atoms. The quantitative estimate of drug-likeness (QED) is 0.398. The van der Waals surface area contributed by atoms with Crippen LogP contribution in [0.25, 0.3) is 0 Å². The summed E-state index contributed by atoms with van der Waals surface area (Å²) in [6.45, 7) is 4.13. The Balaban J connectivity index is 1.76. The number of nitrogens with one attached hydrogen (secondary N) is 2. The van der Waals surface area contributed by atoms with Gasteiger partial charge in [0.05, 0.1) is 52.9 Å². The van der Waals surface area contributed by atoms with Gasteiger partial charge in [0.2, 0.25) is 0 Å². The predicted octanol–water partition coefficient (Wildman–Crippen LogP) is 0.839. The smallest absolute Gasteiger partial charge is 0.406 e. The molecule has 0 aliphatic rings. The van der Waals surface area contributed by atoms with Crippen LogP contribution in [0.15, 0.2) is 30.3 Å². The largest absolute Gasteiger partial charge is 0.447 e. The average Bonchev–Trinajstić information content (AvgIpc) is 2.73. The number of hydrogen-bond acceptors (Lipinski definition) is 7. The van der Waals surface area contributed by atoms with E-state index in [0.717, 1.165) is 0 Å². The number of rotatable bonds is 16. The van der Waals surface area contributed by atoms with Crippen LogP contribution in [0.4, 0.5) is 4.79 Å². The molecule has 158 valence electrons. The first-order chi connectivity index (χ1) is 13.7. The maximum Gasteiger partial charge on any atom is 0.406 e. The summed E-state index contributed by atoms with van der Waals surface area (Å²) in [5.74, 6) is -0.111. The second-order valence-electron chi connectivity index (χ2n) is 5.46. The Labute approximate surface area is 165 Å². The third kappa shape index (κ3) is 13.0. The summed E-state index contributed by atoms with van der Waals surface area (Å²) in [7, 11) is 1.50. The zero-order valence-electron chi connectivity index (χ0n) is 16.3. The molecule has 1 aromatic carbocycles. The minimum Gasteiger partial charge on any atom is -0.447 e. The van der Waals surface area contributed by atoms with Crippen molar-refractivity contribution in [1.29, 1.82) is 0 Å². The molecule has 9 heteroatoms. The van der Waals surface area contributed by atoms with Crippen molar-refractivity contribution >= 4 is 12.0 Å². The first-order valence-corrected chi connectivity index (χ1v) is 9.22. The highest BCUT2D eigenvalue weighted by Crippen LogP contribution is 1.97. The molecule has 0 aromatic heterocycles. The SMILES string of the molecule is CNC(=O)OCCOCCOCCOCCOCCNC(=O)c1ccccc1. The van der Waals surface area contributed by atoms with Gasteiger partial charge in [-0.05, 0) is 12.1 Å². The Morgan fingerprint density at radius 2 is 1.25 bits per heavy atom. The molecule has 0 saturated carbocycles. The van der Waals surface area contributed by atoms with Gasteiger partial charge in [-0.25, -0.2) is 4.79 Å². The molecule has 0 bridgehead atoms. The van der Waals surface area contributed by atoms with Crippen molar-refractivity contribution in [2.24, 2.45) is 0 Å². The maximum absolute atomic E-state index is 11.8. The van der Waals surface area contributed by atoms with Crippen LogP contribution in [0.1, 0.15) is 10.4 Å². The standard InChI is InChI=1S/C19H30N2O7/c1-20-19(23)28-16-15-27-14-13-26-12-11-25-10-9-24-8-7-21-18(22)17-5-3-2-4-6-17/h2-6H,7-16H2,1H3,(H,20,23)(H,21,22). The molecule has 1 aromatic rings. The Bertz CT molecular complexity index is 528. The summed E-state index contributed by atoms with van der Waals surface area (Å²) in [5, 5.41) is 5.13. The molecule has 2 N–H and O–H groups in total. The van der Waals surface area contributed by atoms with E-state index in [4.69, 9.17) is 23.7 Å². The van der Waals surface area contributed by atoms with Crippen molar-refractivity contribution < 1.29 is 33.3 Å². The monoisotopic (exact) mass is 398 g/mol. The summed E-state index contributed by atoms with van der Waals surface area (Å²) in [6.07, 6.45) is -0.474. The highest BCUT2D eigenvalue weighted by Gasteiger charge is 2.02. The third-order valence-electron chi connectivity index (χ3n) is 3.35. The van der Waals surface area contributed by atoms with E-state index in [1.165, 1.54) is 7.05 Å². The van der Waals surface area contributed by atoms with Gasteiger partial charge in [0.1, 0.15) is 6.61 Å². The van der Waals surface area contributed by atoms with Crippen LogP contribution in [0.3, 0.4) is 0 Å². The molecule has 0 heterocycles. The van der Waals surface area contributed by atoms with Crippen molar-refractivity contribution in [2.45, 2.75) is 0 Å². The molecule has 1 rings (SSSR count). The van der Waals surface area contributed by atoms with E-state index < -0.39 is 6.09 Å². The number of hydrogen-bond donors (Lipinski definition) is 2. The Hall–Kier alpha value is -2.20. The predicted molar refractivity (Wildman–Crippen MR) is 102 cm³/mol.